The Morgan fingerprint density at radius 2 is 2.42 bits per heavy atom. The predicted octanol–water partition coefficient (Wildman–Crippen LogP) is 0.660. The number of piperazine rings is 1. The molecule has 4 rings (SSSR count). The highest BCUT2D eigenvalue weighted by atomic mass is 32.1. The molecule has 3 aromatic heterocycles. The zero-order chi connectivity index (χ0) is 16.5. The molecule has 0 bridgehead atoms. The van der Waals surface area contributed by atoms with Crippen molar-refractivity contribution in [3.05, 3.63) is 39.8 Å². The summed E-state index contributed by atoms with van der Waals surface area (Å²) < 4.78 is 6.94. The fourth-order valence-corrected chi connectivity index (χ4v) is 3.59. The predicted molar refractivity (Wildman–Crippen MR) is 90.1 cm³/mol. The van der Waals surface area contributed by atoms with Crippen LogP contribution in [0, 0.1) is 0 Å². The minimum atomic E-state index is -0.0304. The summed E-state index contributed by atoms with van der Waals surface area (Å²) in [7, 11) is 2.06. The van der Waals surface area contributed by atoms with Crippen LogP contribution in [0.5, 0.6) is 0 Å². The van der Waals surface area contributed by atoms with Crippen LogP contribution in [0.4, 0.5) is 0 Å². The van der Waals surface area contributed by atoms with Gasteiger partial charge in [-0.1, -0.05) is 5.16 Å². The number of thiophene rings is 1. The Balaban J connectivity index is 1.47. The molecule has 0 radical (unpaired) electrons. The van der Waals surface area contributed by atoms with Gasteiger partial charge < -0.3 is 9.84 Å². The number of hydrogen-bond donors (Lipinski definition) is 1. The molecule has 8 nitrogen and oxygen atoms in total. The molecular weight excluding hydrogens is 328 g/mol. The highest BCUT2D eigenvalue weighted by Crippen LogP contribution is 2.18. The van der Waals surface area contributed by atoms with Crippen LogP contribution in [0.2, 0.25) is 0 Å². The average Bonchev–Trinajstić information content (AvgIpc) is 3.24. The maximum absolute atomic E-state index is 12.4. The number of likely N-dealkylation sites (N-methyl/N-ethyl adjacent to an activating group) is 1. The number of fused-ring (bicyclic) bond motifs is 1. The summed E-state index contributed by atoms with van der Waals surface area (Å²) in [5, 5.41) is 9.97. The van der Waals surface area contributed by atoms with Gasteiger partial charge >= 0.3 is 0 Å². The molecule has 1 N–H and O–H groups in total. The molecule has 0 amide bonds. The molecule has 24 heavy (non-hydrogen) atoms. The fourth-order valence-electron chi connectivity index (χ4n) is 2.87. The van der Waals surface area contributed by atoms with Gasteiger partial charge in [0, 0.05) is 32.6 Å². The maximum atomic E-state index is 12.4. The number of hydrogen-bond acceptors (Lipinski definition) is 8. The zero-order valence-corrected chi connectivity index (χ0v) is 14.1. The van der Waals surface area contributed by atoms with Crippen molar-refractivity contribution < 1.29 is 4.52 Å². The number of rotatable bonds is 4. The highest BCUT2D eigenvalue weighted by Gasteiger charge is 2.25. The summed E-state index contributed by atoms with van der Waals surface area (Å²) in [5.41, 5.74) is -0.0304. The number of aromatic nitrogens is 4. The van der Waals surface area contributed by atoms with Crippen molar-refractivity contribution in [3.63, 3.8) is 0 Å². The van der Waals surface area contributed by atoms with Gasteiger partial charge in [0.1, 0.15) is 4.83 Å². The topological polar surface area (TPSA) is 89.1 Å². The molecule has 1 fully saturated rings. The Bertz CT molecular complexity index is 901. The lowest BCUT2D eigenvalue weighted by Crippen LogP contribution is -2.44. The van der Waals surface area contributed by atoms with Crippen LogP contribution in [-0.2, 0) is 13.0 Å². The van der Waals surface area contributed by atoms with Crippen LogP contribution in [0.1, 0.15) is 17.8 Å². The summed E-state index contributed by atoms with van der Waals surface area (Å²) in [6.07, 6.45) is 2.09. The minimum Gasteiger partial charge on any atom is -0.339 e. The van der Waals surface area contributed by atoms with E-state index in [1.165, 1.54) is 11.3 Å². The first-order chi connectivity index (χ1) is 11.7. The van der Waals surface area contributed by atoms with E-state index in [1.54, 1.807) is 10.9 Å². The van der Waals surface area contributed by atoms with E-state index in [4.69, 9.17) is 4.52 Å². The van der Waals surface area contributed by atoms with Crippen molar-refractivity contribution in [2.45, 2.75) is 19.0 Å². The fraction of sp³-hybridized carbons (Fsp3) is 0.467. The summed E-state index contributed by atoms with van der Waals surface area (Å²) in [5.74, 6) is 1.24. The summed E-state index contributed by atoms with van der Waals surface area (Å²) in [6.45, 7) is 3.21. The van der Waals surface area contributed by atoms with Crippen LogP contribution in [-0.4, -0.2) is 51.3 Å². The van der Waals surface area contributed by atoms with Crippen LogP contribution in [0.25, 0.3) is 10.2 Å². The lowest BCUT2D eigenvalue weighted by molar-refractivity contribution is 0.190. The van der Waals surface area contributed by atoms with E-state index in [-0.39, 0.29) is 11.6 Å². The monoisotopic (exact) mass is 346 g/mol. The first kappa shape index (κ1) is 15.4. The molecule has 9 heteroatoms. The smallest absolute Gasteiger partial charge is 0.262 e. The standard InChI is InChI=1S/C15H18N6O2S/c1-20-6-4-16-8-11(20)13-18-12(23-19-13)2-5-21-9-17-14-10(15(21)22)3-7-24-14/h3,7,9,11,16H,2,4-6,8H2,1H3. The van der Waals surface area contributed by atoms with Gasteiger partial charge in [-0.05, 0) is 18.5 Å². The molecule has 0 spiro atoms. The van der Waals surface area contributed by atoms with Crippen molar-refractivity contribution in [1.29, 1.82) is 0 Å². The third-order valence-corrected chi connectivity index (χ3v) is 5.13. The quantitative estimate of drug-likeness (QED) is 0.742. The number of aryl methyl sites for hydroxylation is 2. The molecule has 1 atom stereocenters. The third-order valence-electron chi connectivity index (χ3n) is 4.31. The molecule has 1 unspecified atom stereocenters. The van der Waals surface area contributed by atoms with Crippen molar-refractivity contribution in [3.8, 4) is 0 Å². The SMILES string of the molecule is CN1CCNCC1c1noc(CCn2cnc3sccc3c2=O)n1. The minimum absolute atomic E-state index is 0.0304. The molecule has 0 aromatic carbocycles. The van der Waals surface area contributed by atoms with Crippen molar-refractivity contribution >= 4 is 21.6 Å². The molecular formula is C15H18N6O2S. The zero-order valence-electron chi connectivity index (χ0n) is 13.3. The van der Waals surface area contributed by atoms with Gasteiger partial charge in [0.2, 0.25) is 5.89 Å². The van der Waals surface area contributed by atoms with E-state index in [0.29, 0.717) is 30.1 Å². The van der Waals surface area contributed by atoms with Crippen LogP contribution in [0.3, 0.4) is 0 Å². The molecule has 0 aliphatic carbocycles. The number of nitrogens with one attached hydrogen (secondary N) is 1. The van der Waals surface area contributed by atoms with E-state index in [2.05, 4.69) is 32.4 Å². The molecule has 0 saturated carbocycles. The van der Waals surface area contributed by atoms with Gasteiger partial charge in [0.15, 0.2) is 5.82 Å². The lowest BCUT2D eigenvalue weighted by atomic mass is 10.2. The third kappa shape index (κ3) is 2.85. The Morgan fingerprint density at radius 3 is 3.29 bits per heavy atom. The van der Waals surface area contributed by atoms with Crippen molar-refractivity contribution in [1.82, 2.24) is 29.9 Å². The molecule has 126 valence electrons. The van der Waals surface area contributed by atoms with E-state index in [1.807, 2.05) is 11.4 Å². The average molecular weight is 346 g/mol. The Labute approximate surface area is 142 Å². The van der Waals surface area contributed by atoms with Gasteiger partial charge in [-0.25, -0.2) is 4.98 Å². The van der Waals surface area contributed by atoms with E-state index >= 15 is 0 Å². The summed E-state index contributed by atoms with van der Waals surface area (Å²) in [4.78, 5) is 24.1. The van der Waals surface area contributed by atoms with Crippen LogP contribution in [0.15, 0.2) is 27.1 Å². The van der Waals surface area contributed by atoms with Gasteiger partial charge in [-0.15, -0.1) is 11.3 Å². The number of nitrogens with zero attached hydrogens (tertiary/aromatic N) is 5. The van der Waals surface area contributed by atoms with Crippen LogP contribution < -0.4 is 10.9 Å². The highest BCUT2D eigenvalue weighted by molar-refractivity contribution is 7.16. The van der Waals surface area contributed by atoms with E-state index in [0.717, 1.165) is 24.5 Å². The van der Waals surface area contributed by atoms with E-state index in [9.17, 15) is 4.79 Å². The normalized spacial score (nSPS) is 19.1. The molecule has 1 aliphatic heterocycles. The molecule has 3 aromatic rings. The second-order valence-electron chi connectivity index (χ2n) is 5.88. The largest absolute Gasteiger partial charge is 0.339 e. The van der Waals surface area contributed by atoms with E-state index < -0.39 is 0 Å². The van der Waals surface area contributed by atoms with Gasteiger partial charge in [-0.2, -0.15) is 4.98 Å². The van der Waals surface area contributed by atoms with Gasteiger partial charge in [0.05, 0.1) is 17.8 Å². The first-order valence-corrected chi connectivity index (χ1v) is 8.76. The molecule has 4 heterocycles. The Hall–Kier alpha value is -2.10. The Kier molecular flexibility index (Phi) is 4.13. The second kappa shape index (κ2) is 6.42. The lowest BCUT2D eigenvalue weighted by Gasteiger charge is -2.30. The van der Waals surface area contributed by atoms with Crippen LogP contribution >= 0.6 is 11.3 Å². The van der Waals surface area contributed by atoms with Gasteiger partial charge in [0.25, 0.3) is 5.56 Å². The molecule has 1 saturated heterocycles. The summed E-state index contributed by atoms with van der Waals surface area (Å²) in [6, 6.07) is 1.94. The molecule has 1 aliphatic rings. The van der Waals surface area contributed by atoms with Crippen molar-refractivity contribution in [2.75, 3.05) is 26.7 Å². The van der Waals surface area contributed by atoms with Crippen molar-refractivity contribution in [2.24, 2.45) is 0 Å². The Morgan fingerprint density at radius 1 is 1.50 bits per heavy atom. The second-order valence-corrected chi connectivity index (χ2v) is 6.77. The maximum Gasteiger partial charge on any atom is 0.262 e. The first-order valence-electron chi connectivity index (χ1n) is 7.88. The summed E-state index contributed by atoms with van der Waals surface area (Å²) >= 11 is 1.47. The van der Waals surface area contributed by atoms with Gasteiger partial charge in [-0.3, -0.25) is 14.3 Å².